The zero-order chi connectivity index (χ0) is 26.3. The smallest absolute Gasteiger partial charge is 0.398 e. The first-order valence-electron chi connectivity index (χ1n) is 11.3. The number of amides is 4. The van der Waals surface area contributed by atoms with Gasteiger partial charge in [-0.2, -0.15) is 13.2 Å². The van der Waals surface area contributed by atoms with E-state index in [0.29, 0.717) is 24.6 Å². The standard InChI is InChI=1S/C24H28F3N5O3S/c1-36-16-9-7-15(8-10-16)30-23(35)32-20-5-3-2-4-19(20)31-21(33)13-29-22(34)17-12-14(24(25,26)27)6-11-18(17)28/h6-12,19-20H,2-5,13,28H2,1H3,(H,29,34)(H,31,33)(H2,30,32,35)/t19-,20-/m0/s1. The summed E-state index contributed by atoms with van der Waals surface area (Å²) in [5, 5.41) is 10.8. The topological polar surface area (TPSA) is 125 Å². The summed E-state index contributed by atoms with van der Waals surface area (Å²) < 4.78 is 38.8. The lowest BCUT2D eigenvalue weighted by molar-refractivity contribution is -0.137. The van der Waals surface area contributed by atoms with Gasteiger partial charge in [0.2, 0.25) is 5.91 Å². The molecule has 2 atom stereocenters. The summed E-state index contributed by atoms with van der Waals surface area (Å²) >= 11 is 1.59. The Hall–Kier alpha value is -3.41. The molecule has 1 aliphatic rings. The van der Waals surface area contributed by atoms with Crippen LogP contribution in [0.25, 0.3) is 0 Å². The molecule has 0 spiro atoms. The van der Waals surface area contributed by atoms with Gasteiger partial charge in [-0.15, -0.1) is 11.8 Å². The van der Waals surface area contributed by atoms with Crippen LogP contribution in [0, 0.1) is 0 Å². The average molecular weight is 524 g/mol. The van der Waals surface area contributed by atoms with E-state index in [-0.39, 0.29) is 23.3 Å². The van der Waals surface area contributed by atoms with Crippen LogP contribution in [0.3, 0.4) is 0 Å². The first-order chi connectivity index (χ1) is 17.1. The molecule has 0 saturated heterocycles. The van der Waals surface area contributed by atoms with Crippen molar-refractivity contribution < 1.29 is 27.6 Å². The molecule has 1 aliphatic carbocycles. The van der Waals surface area contributed by atoms with Gasteiger partial charge in [-0.3, -0.25) is 9.59 Å². The van der Waals surface area contributed by atoms with Crippen molar-refractivity contribution in [3.05, 3.63) is 53.6 Å². The molecule has 0 unspecified atom stereocenters. The molecule has 6 N–H and O–H groups in total. The number of carbonyl (C=O) groups is 3. The van der Waals surface area contributed by atoms with Crippen LogP contribution in [0.4, 0.5) is 29.3 Å². The van der Waals surface area contributed by atoms with E-state index in [2.05, 4.69) is 21.3 Å². The first kappa shape index (κ1) is 27.2. The molecule has 0 heterocycles. The summed E-state index contributed by atoms with van der Waals surface area (Å²) in [6, 6.07) is 8.74. The third kappa shape index (κ3) is 7.54. The van der Waals surface area contributed by atoms with Crippen molar-refractivity contribution in [3.8, 4) is 0 Å². The average Bonchev–Trinajstić information content (AvgIpc) is 2.83. The molecular weight excluding hydrogens is 495 g/mol. The number of nitrogen functional groups attached to an aromatic ring is 1. The van der Waals surface area contributed by atoms with E-state index in [9.17, 15) is 27.6 Å². The first-order valence-corrected chi connectivity index (χ1v) is 12.5. The second-order valence-electron chi connectivity index (χ2n) is 8.37. The molecule has 1 fully saturated rings. The van der Waals surface area contributed by atoms with Crippen molar-refractivity contribution in [1.82, 2.24) is 16.0 Å². The number of thioether (sulfide) groups is 1. The van der Waals surface area contributed by atoms with Gasteiger partial charge >= 0.3 is 12.2 Å². The predicted molar refractivity (Wildman–Crippen MR) is 133 cm³/mol. The predicted octanol–water partition coefficient (Wildman–Crippen LogP) is 3.99. The van der Waals surface area contributed by atoms with Crippen molar-refractivity contribution in [2.75, 3.05) is 23.9 Å². The number of halogens is 3. The van der Waals surface area contributed by atoms with E-state index in [1.807, 2.05) is 18.4 Å². The Labute approximate surface area is 211 Å². The minimum atomic E-state index is -4.63. The second kappa shape index (κ2) is 12.0. The largest absolute Gasteiger partial charge is 0.416 e. The van der Waals surface area contributed by atoms with Gasteiger partial charge in [-0.25, -0.2) is 4.79 Å². The Kier molecular flexibility index (Phi) is 9.08. The van der Waals surface area contributed by atoms with E-state index in [4.69, 9.17) is 5.73 Å². The maximum atomic E-state index is 12.9. The highest BCUT2D eigenvalue weighted by Crippen LogP contribution is 2.31. The van der Waals surface area contributed by atoms with E-state index >= 15 is 0 Å². The maximum absolute atomic E-state index is 12.9. The molecule has 8 nitrogen and oxygen atoms in total. The summed E-state index contributed by atoms with van der Waals surface area (Å²) in [6.45, 7) is -0.453. The number of rotatable bonds is 7. The van der Waals surface area contributed by atoms with Crippen molar-refractivity contribution in [2.24, 2.45) is 0 Å². The number of hydrogen-bond donors (Lipinski definition) is 5. The maximum Gasteiger partial charge on any atom is 0.416 e. The van der Waals surface area contributed by atoms with Crippen LogP contribution >= 0.6 is 11.8 Å². The molecule has 3 rings (SSSR count). The van der Waals surface area contributed by atoms with Gasteiger partial charge in [0.1, 0.15) is 0 Å². The molecule has 0 radical (unpaired) electrons. The van der Waals surface area contributed by atoms with Gasteiger partial charge in [0.15, 0.2) is 0 Å². The normalized spacial score (nSPS) is 17.7. The molecule has 0 aliphatic heterocycles. The number of benzene rings is 2. The number of alkyl halides is 3. The molecule has 36 heavy (non-hydrogen) atoms. The van der Waals surface area contributed by atoms with Crippen LogP contribution in [-0.2, 0) is 11.0 Å². The van der Waals surface area contributed by atoms with Gasteiger partial charge in [-0.1, -0.05) is 12.8 Å². The molecule has 12 heteroatoms. The fourth-order valence-electron chi connectivity index (χ4n) is 3.93. The number of hydrogen-bond acceptors (Lipinski definition) is 5. The lowest BCUT2D eigenvalue weighted by atomic mass is 9.90. The summed E-state index contributed by atoms with van der Waals surface area (Å²) in [6.07, 6.45) is 0.357. The van der Waals surface area contributed by atoms with Gasteiger partial charge < -0.3 is 27.0 Å². The Bertz CT molecular complexity index is 1100. The summed E-state index contributed by atoms with van der Waals surface area (Å²) in [5.74, 6) is -1.42. The third-order valence-corrected chi connectivity index (χ3v) is 6.56. The second-order valence-corrected chi connectivity index (χ2v) is 9.25. The Balaban J connectivity index is 1.53. The van der Waals surface area contributed by atoms with Crippen LogP contribution in [0.2, 0.25) is 0 Å². The van der Waals surface area contributed by atoms with Gasteiger partial charge in [-0.05, 0) is 61.6 Å². The van der Waals surface area contributed by atoms with Gasteiger partial charge in [0, 0.05) is 22.3 Å². The van der Waals surface area contributed by atoms with E-state index < -0.39 is 36.1 Å². The van der Waals surface area contributed by atoms with Crippen LogP contribution in [0.15, 0.2) is 47.4 Å². The highest BCUT2D eigenvalue weighted by Gasteiger charge is 2.32. The Morgan fingerprint density at radius 3 is 2.25 bits per heavy atom. The minimum Gasteiger partial charge on any atom is -0.398 e. The highest BCUT2D eigenvalue weighted by atomic mass is 32.2. The van der Waals surface area contributed by atoms with Crippen LogP contribution in [0.1, 0.15) is 41.6 Å². The molecule has 194 valence electrons. The van der Waals surface area contributed by atoms with Gasteiger partial charge in [0.25, 0.3) is 5.91 Å². The van der Waals surface area contributed by atoms with E-state index in [1.165, 1.54) is 0 Å². The summed E-state index contributed by atoms with van der Waals surface area (Å²) in [5.41, 5.74) is 4.78. The van der Waals surface area contributed by atoms with Crippen molar-refractivity contribution in [2.45, 2.75) is 48.8 Å². The molecule has 1 saturated carbocycles. The van der Waals surface area contributed by atoms with E-state index in [1.54, 1.807) is 23.9 Å². The van der Waals surface area contributed by atoms with Crippen LogP contribution < -0.4 is 27.0 Å². The minimum absolute atomic E-state index is 0.133. The van der Waals surface area contributed by atoms with Crippen molar-refractivity contribution in [3.63, 3.8) is 0 Å². The summed E-state index contributed by atoms with van der Waals surface area (Å²) in [7, 11) is 0. The third-order valence-electron chi connectivity index (χ3n) is 5.81. The molecule has 2 aromatic rings. The molecule has 2 aromatic carbocycles. The monoisotopic (exact) mass is 523 g/mol. The van der Waals surface area contributed by atoms with Crippen molar-refractivity contribution >= 4 is 41.0 Å². The zero-order valence-corrected chi connectivity index (χ0v) is 20.4. The number of nitrogens with two attached hydrogens (primary N) is 1. The molecule has 0 aromatic heterocycles. The molecular formula is C24H28F3N5O3S. The SMILES string of the molecule is CSc1ccc(NC(=O)N[C@H]2CCCC[C@@H]2NC(=O)CNC(=O)c2cc(C(F)(F)F)ccc2N)cc1. The van der Waals surface area contributed by atoms with Crippen molar-refractivity contribution in [1.29, 1.82) is 0 Å². The van der Waals surface area contributed by atoms with Crippen LogP contribution in [0.5, 0.6) is 0 Å². The van der Waals surface area contributed by atoms with Crippen LogP contribution in [-0.4, -0.2) is 42.7 Å². The number of anilines is 2. The molecule has 0 bridgehead atoms. The zero-order valence-electron chi connectivity index (χ0n) is 19.6. The van der Waals surface area contributed by atoms with E-state index in [0.717, 1.165) is 29.9 Å². The number of urea groups is 1. The quantitative estimate of drug-likeness (QED) is 0.277. The number of nitrogens with one attached hydrogen (secondary N) is 4. The highest BCUT2D eigenvalue weighted by molar-refractivity contribution is 7.98. The Morgan fingerprint density at radius 2 is 1.64 bits per heavy atom. The lowest BCUT2D eigenvalue weighted by Crippen LogP contribution is -2.55. The van der Waals surface area contributed by atoms with Gasteiger partial charge in [0.05, 0.1) is 23.7 Å². The fraction of sp³-hybridized carbons (Fsp3) is 0.375. The lowest BCUT2D eigenvalue weighted by Gasteiger charge is -2.32. The fourth-order valence-corrected chi connectivity index (χ4v) is 4.34. The molecule has 4 amide bonds. The Morgan fingerprint density at radius 1 is 1.00 bits per heavy atom. The number of carbonyl (C=O) groups excluding carboxylic acids is 3. The summed E-state index contributed by atoms with van der Waals surface area (Å²) in [4.78, 5) is 38.4.